The van der Waals surface area contributed by atoms with E-state index in [1.807, 2.05) is 0 Å². The fourth-order valence-electron chi connectivity index (χ4n) is 2.03. The van der Waals surface area contributed by atoms with Gasteiger partial charge in [-0.05, 0) is 59.7 Å². The van der Waals surface area contributed by atoms with Crippen LogP contribution in [0.25, 0.3) is 10.9 Å². The zero-order valence-electron chi connectivity index (χ0n) is 14.9. The Morgan fingerprint density at radius 2 is 1.58 bits per heavy atom. The van der Waals surface area contributed by atoms with Gasteiger partial charge >= 0.3 is 12.1 Å². The maximum Gasteiger partial charge on any atom is 0.514 e. The van der Waals surface area contributed by atoms with E-state index in [0.717, 1.165) is 5.52 Å². The number of rotatable bonds is 2. The highest BCUT2D eigenvalue weighted by Gasteiger charge is 2.22. The van der Waals surface area contributed by atoms with Crippen molar-refractivity contribution in [1.82, 2.24) is 4.98 Å². The molecule has 2 aromatic rings. The first-order valence-corrected chi connectivity index (χ1v) is 7.70. The molecule has 24 heavy (non-hydrogen) atoms. The lowest BCUT2D eigenvalue weighted by Crippen LogP contribution is -2.26. The molecule has 1 N–H and O–H groups in total. The van der Waals surface area contributed by atoms with Gasteiger partial charge in [-0.1, -0.05) is 0 Å². The summed E-state index contributed by atoms with van der Waals surface area (Å²) in [6, 6.07) is 4.96. The fraction of sp³-hybridized carbons (Fsp3) is 0.444. The molecule has 0 bridgehead atoms. The van der Waals surface area contributed by atoms with Crippen molar-refractivity contribution in [2.24, 2.45) is 0 Å². The number of aromatic nitrogens is 1. The lowest BCUT2D eigenvalue weighted by atomic mass is 10.1. The minimum atomic E-state index is -0.795. The molecule has 0 atom stereocenters. The molecule has 0 unspecified atom stereocenters. The van der Waals surface area contributed by atoms with E-state index in [0.29, 0.717) is 16.7 Å². The first-order valence-electron chi connectivity index (χ1n) is 7.70. The van der Waals surface area contributed by atoms with Crippen LogP contribution in [0.15, 0.2) is 24.4 Å². The van der Waals surface area contributed by atoms with Gasteiger partial charge in [-0.25, -0.2) is 9.59 Å². The third-order valence-corrected chi connectivity index (χ3v) is 2.86. The Bertz CT molecular complexity index is 762. The third-order valence-electron chi connectivity index (χ3n) is 2.86. The molecule has 1 aromatic heterocycles. The summed E-state index contributed by atoms with van der Waals surface area (Å²) in [6.45, 7) is 10.7. The Morgan fingerprint density at radius 3 is 2.17 bits per heavy atom. The summed E-state index contributed by atoms with van der Waals surface area (Å²) >= 11 is 0. The molecule has 1 aromatic carbocycles. The topological polar surface area (TPSA) is 77.6 Å². The molecule has 0 saturated carbocycles. The van der Waals surface area contributed by atoms with Crippen LogP contribution < -0.4 is 4.74 Å². The van der Waals surface area contributed by atoms with E-state index in [1.165, 1.54) is 0 Å². The second-order valence-corrected chi connectivity index (χ2v) is 7.48. The zero-order chi connectivity index (χ0) is 18.1. The van der Waals surface area contributed by atoms with E-state index in [2.05, 4.69) is 4.98 Å². The Morgan fingerprint density at radius 1 is 0.958 bits per heavy atom. The van der Waals surface area contributed by atoms with Crippen molar-refractivity contribution in [2.45, 2.75) is 52.7 Å². The molecule has 0 amide bonds. The number of hydrogen-bond acceptors (Lipinski definition) is 5. The highest BCUT2D eigenvalue weighted by atomic mass is 16.7. The molecule has 130 valence electrons. The molecule has 1 heterocycles. The van der Waals surface area contributed by atoms with Gasteiger partial charge in [0.1, 0.15) is 17.0 Å². The number of H-pyrrole nitrogens is 1. The first kappa shape index (κ1) is 17.8. The van der Waals surface area contributed by atoms with E-state index >= 15 is 0 Å². The molecular formula is C18H23NO5. The van der Waals surface area contributed by atoms with Crippen molar-refractivity contribution >= 4 is 23.0 Å². The third kappa shape index (κ3) is 4.75. The first-order chi connectivity index (χ1) is 10.9. The average molecular weight is 333 g/mol. The smallest absolute Gasteiger partial charge is 0.456 e. The second kappa shape index (κ2) is 6.19. The maximum absolute atomic E-state index is 12.3. The van der Waals surface area contributed by atoms with Gasteiger partial charge in [0.2, 0.25) is 0 Å². The molecule has 0 spiro atoms. The molecule has 0 radical (unpaired) electrons. The molecule has 0 fully saturated rings. The van der Waals surface area contributed by atoms with Gasteiger partial charge in [0.25, 0.3) is 0 Å². The van der Waals surface area contributed by atoms with Gasteiger partial charge in [0.15, 0.2) is 0 Å². The number of aromatic amines is 1. The number of nitrogens with one attached hydrogen (secondary N) is 1. The van der Waals surface area contributed by atoms with E-state index in [1.54, 1.807) is 65.9 Å². The largest absolute Gasteiger partial charge is 0.514 e. The van der Waals surface area contributed by atoms with Crippen molar-refractivity contribution in [3.05, 3.63) is 30.0 Å². The van der Waals surface area contributed by atoms with Gasteiger partial charge in [0, 0.05) is 17.1 Å². The van der Waals surface area contributed by atoms with E-state index in [9.17, 15) is 9.59 Å². The fourth-order valence-corrected chi connectivity index (χ4v) is 2.03. The van der Waals surface area contributed by atoms with Crippen LogP contribution in [0, 0.1) is 0 Å². The van der Waals surface area contributed by atoms with E-state index in [4.69, 9.17) is 14.2 Å². The summed E-state index contributed by atoms with van der Waals surface area (Å²) < 4.78 is 15.7. The summed E-state index contributed by atoms with van der Waals surface area (Å²) in [5.41, 5.74) is -0.107. The summed E-state index contributed by atoms with van der Waals surface area (Å²) in [5, 5.41) is 0.616. The van der Waals surface area contributed by atoms with Crippen LogP contribution >= 0.6 is 0 Å². The minimum Gasteiger partial charge on any atom is -0.456 e. The van der Waals surface area contributed by atoms with Crippen LogP contribution in [0.1, 0.15) is 51.9 Å². The minimum absolute atomic E-state index is 0.293. The Hall–Kier alpha value is -2.50. The van der Waals surface area contributed by atoms with Gasteiger partial charge in [-0.3, -0.25) is 0 Å². The number of esters is 1. The Kier molecular flexibility index (Phi) is 4.60. The predicted molar refractivity (Wildman–Crippen MR) is 90.3 cm³/mol. The molecule has 0 aliphatic heterocycles. The molecule has 0 saturated heterocycles. The van der Waals surface area contributed by atoms with Gasteiger partial charge in [0.05, 0.1) is 5.56 Å². The molecule has 6 nitrogen and oxygen atoms in total. The summed E-state index contributed by atoms with van der Waals surface area (Å²) in [6.07, 6.45) is 0.784. The van der Waals surface area contributed by atoms with Crippen LogP contribution in [0.4, 0.5) is 4.79 Å². The lowest BCUT2D eigenvalue weighted by molar-refractivity contribution is 0.00711. The summed E-state index contributed by atoms with van der Waals surface area (Å²) in [5.74, 6) is -0.149. The van der Waals surface area contributed by atoms with Crippen molar-refractivity contribution in [3.8, 4) is 5.75 Å². The van der Waals surface area contributed by atoms with Crippen LogP contribution in [0.5, 0.6) is 5.75 Å². The van der Waals surface area contributed by atoms with Crippen LogP contribution in [-0.4, -0.2) is 28.3 Å². The number of benzene rings is 1. The molecule has 6 heteroatoms. The summed E-state index contributed by atoms with van der Waals surface area (Å²) in [7, 11) is 0. The number of carbonyl (C=O) groups excluding carboxylic acids is 2. The van der Waals surface area contributed by atoms with Crippen LogP contribution in [0.3, 0.4) is 0 Å². The van der Waals surface area contributed by atoms with Crippen molar-refractivity contribution in [1.29, 1.82) is 0 Å². The van der Waals surface area contributed by atoms with Gasteiger partial charge < -0.3 is 19.2 Å². The molecule has 2 rings (SSSR count). The second-order valence-electron chi connectivity index (χ2n) is 7.48. The Balaban J connectivity index is 2.25. The monoisotopic (exact) mass is 333 g/mol. The zero-order valence-corrected chi connectivity index (χ0v) is 14.9. The molecule has 0 aliphatic carbocycles. The van der Waals surface area contributed by atoms with Gasteiger partial charge in [-0.2, -0.15) is 0 Å². The quantitative estimate of drug-likeness (QED) is 0.649. The molecule has 0 aliphatic rings. The summed E-state index contributed by atoms with van der Waals surface area (Å²) in [4.78, 5) is 27.0. The van der Waals surface area contributed by atoms with Crippen molar-refractivity contribution in [3.63, 3.8) is 0 Å². The van der Waals surface area contributed by atoms with Crippen molar-refractivity contribution < 1.29 is 23.8 Å². The van der Waals surface area contributed by atoms with Crippen LogP contribution in [0.2, 0.25) is 0 Å². The normalized spacial score (nSPS) is 12.1. The number of ether oxygens (including phenoxy) is 3. The van der Waals surface area contributed by atoms with Crippen LogP contribution in [-0.2, 0) is 9.47 Å². The average Bonchev–Trinajstić information content (AvgIpc) is 2.77. The highest BCUT2D eigenvalue weighted by molar-refractivity contribution is 6.04. The number of hydrogen-bond donors (Lipinski definition) is 1. The lowest BCUT2D eigenvalue weighted by Gasteiger charge is -2.19. The van der Waals surface area contributed by atoms with E-state index < -0.39 is 23.3 Å². The SMILES string of the molecule is CC(C)(C)OC(=O)Oc1ccc2[nH]cc(C(=O)OC(C)(C)C)c2c1. The van der Waals surface area contributed by atoms with Gasteiger partial charge in [-0.15, -0.1) is 0 Å². The number of carbonyl (C=O) groups is 2. The predicted octanol–water partition coefficient (Wildman–Crippen LogP) is 4.44. The Labute approximate surface area is 141 Å². The standard InChI is InChI=1S/C18H23NO5/c1-17(2,3)23-15(20)13-10-19-14-8-7-11(9-12(13)14)22-16(21)24-18(4,5)6/h7-10,19H,1-6H3. The molecular weight excluding hydrogens is 310 g/mol. The highest BCUT2D eigenvalue weighted by Crippen LogP contribution is 2.26. The van der Waals surface area contributed by atoms with Crippen molar-refractivity contribution in [2.75, 3.05) is 0 Å². The maximum atomic E-state index is 12.3. The van der Waals surface area contributed by atoms with E-state index in [-0.39, 0.29) is 0 Å². The number of fused-ring (bicyclic) bond motifs is 1.